The molecule has 0 saturated carbocycles. The summed E-state index contributed by atoms with van der Waals surface area (Å²) in [6.45, 7) is 1.81. The SMILES string of the molecule is O=C(c1cc(-c2ccsc2)n[nH]1)N1CCC[C@@H](OCc2ccccn2)C1. The number of rotatable bonds is 5. The maximum Gasteiger partial charge on any atom is 0.271 e. The fourth-order valence-electron chi connectivity index (χ4n) is 3.11. The summed E-state index contributed by atoms with van der Waals surface area (Å²) in [5.41, 5.74) is 3.26. The van der Waals surface area contributed by atoms with Crippen LogP contribution in [-0.2, 0) is 11.3 Å². The zero-order valence-corrected chi connectivity index (χ0v) is 15.1. The van der Waals surface area contributed by atoms with Gasteiger partial charge in [0, 0.05) is 30.2 Å². The number of pyridine rings is 1. The second kappa shape index (κ2) is 7.80. The van der Waals surface area contributed by atoms with E-state index >= 15 is 0 Å². The van der Waals surface area contributed by atoms with E-state index in [-0.39, 0.29) is 12.0 Å². The van der Waals surface area contributed by atoms with E-state index in [4.69, 9.17) is 4.74 Å². The Labute approximate surface area is 155 Å². The zero-order valence-electron chi connectivity index (χ0n) is 14.3. The van der Waals surface area contributed by atoms with Crippen LogP contribution in [0.4, 0.5) is 0 Å². The van der Waals surface area contributed by atoms with E-state index in [0.29, 0.717) is 18.8 Å². The van der Waals surface area contributed by atoms with Crippen molar-refractivity contribution in [2.45, 2.75) is 25.6 Å². The van der Waals surface area contributed by atoms with Crippen molar-refractivity contribution >= 4 is 17.2 Å². The number of H-pyrrole nitrogens is 1. The first-order valence-corrected chi connectivity index (χ1v) is 9.62. The van der Waals surface area contributed by atoms with Gasteiger partial charge in [-0.25, -0.2) is 0 Å². The molecule has 1 aliphatic rings. The summed E-state index contributed by atoms with van der Waals surface area (Å²) < 4.78 is 5.97. The Bertz CT molecular complexity index is 848. The highest BCUT2D eigenvalue weighted by Crippen LogP contribution is 2.22. The predicted molar refractivity (Wildman–Crippen MR) is 99.9 cm³/mol. The number of carbonyl (C=O) groups is 1. The molecular weight excluding hydrogens is 348 g/mol. The number of carbonyl (C=O) groups excluding carboxylic acids is 1. The van der Waals surface area contributed by atoms with Crippen molar-refractivity contribution in [3.63, 3.8) is 0 Å². The van der Waals surface area contributed by atoms with E-state index in [1.807, 2.05) is 46.0 Å². The van der Waals surface area contributed by atoms with Crippen molar-refractivity contribution in [1.82, 2.24) is 20.1 Å². The van der Waals surface area contributed by atoms with Gasteiger partial charge in [0.2, 0.25) is 0 Å². The lowest BCUT2D eigenvalue weighted by Gasteiger charge is -2.32. The quantitative estimate of drug-likeness (QED) is 0.750. The molecule has 7 heteroatoms. The highest BCUT2D eigenvalue weighted by atomic mass is 32.1. The van der Waals surface area contributed by atoms with Gasteiger partial charge in [0.1, 0.15) is 5.69 Å². The minimum Gasteiger partial charge on any atom is -0.370 e. The molecule has 0 unspecified atom stereocenters. The van der Waals surface area contributed by atoms with Crippen LogP contribution < -0.4 is 0 Å². The molecule has 0 radical (unpaired) electrons. The van der Waals surface area contributed by atoms with Gasteiger partial charge < -0.3 is 9.64 Å². The van der Waals surface area contributed by atoms with Gasteiger partial charge in [-0.2, -0.15) is 16.4 Å². The number of aromatic nitrogens is 3. The summed E-state index contributed by atoms with van der Waals surface area (Å²) in [6, 6.07) is 9.60. The Morgan fingerprint density at radius 1 is 1.38 bits per heavy atom. The van der Waals surface area contributed by atoms with Crippen LogP contribution in [0.2, 0.25) is 0 Å². The monoisotopic (exact) mass is 368 g/mol. The molecule has 1 saturated heterocycles. The number of thiophene rings is 1. The molecule has 4 rings (SSSR count). The molecule has 3 aromatic rings. The van der Waals surface area contributed by atoms with Gasteiger partial charge in [0.25, 0.3) is 5.91 Å². The molecule has 1 aliphatic heterocycles. The highest BCUT2D eigenvalue weighted by Gasteiger charge is 2.26. The summed E-state index contributed by atoms with van der Waals surface area (Å²) in [6.07, 6.45) is 3.69. The maximum atomic E-state index is 12.8. The number of hydrogen-bond acceptors (Lipinski definition) is 5. The average molecular weight is 368 g/mol. The van der Waals surface area contributed by atoms with Gasteiger partial charge in [0.05, 0.1) is 24.1 Å². The number of hydrogen-bond donors (Lipinski definition) is 1. The molecule has 1 amide bonds. The van der Waals surface area contributed by atoms with E-state index in [0.717, 1.165) is 36.3 Å². The molecule has 0 aromatic carbocycles. The normalized spacial score (nSPS) is 17.4. The zero-order chi connectivity index (χ0) is 17.8. The van der Waals surface area contributed by atoms with E-state index in [2.05, 4.69) is 15.2 Å². The van der Waals surface area contributed by atoms with Crippen LogP contribution in [0.15, 0.2) is 47.3 Å². The van der Waals surface area contributed by atoms with Crippen molar-refractivity contribution in [3.8, 4) is 11.3 Å². The smallest absolute Gasteiger partial charge is 0.271 e. The summed E-state index contributed by atoms with van der Waals surface area (Å²) in [4.78, 5) is 18.9. The third kappa shape index (κ3) is 3.84. The number of likely N-dealkylation sites (tertiary alicyclic amines) is 1. The summed E-state index contributed by atoms with van der Waals surface area (Å²) in [5.74, 6) is -0.0230. The summed E-state index contributed by atoms with van der Waals surface area (Å²) >= 11 is 1.61. The van der Waals surface area contributed by atoms with Gasteiger partial charge in [-0.1, -0.05) is 6.07 Å². The minimum atomic E-state index is -0.0230. The van der Waals surface area contributed by atoms with Crippen LogP contribution in [0.25, 0.3) is 11.3 Å². The van der Waals surface area contributed by atoms with Gasteiger partial charge >= 0.3 is 0 Å². The molecule has 3 aromatic heterocycles. The van der Waals surface area contributed by atoms with E-state index < -0.39 is 0 Å². The van der Waals surface area contributed by atoms with Crippen LogP contribution in [0.5, 0.6) is 0 Å². The van der Waals surface area contributed by atoms with Gasteiger partial charge in [-0.05, 0) is 42.5 Å². The van der Waals surface area contributed by atoms with Crippen LogP contribution in [0, 0.1) is 0 Å². The first kappa shape index (κ1) is 16.9. The van der Waals surface area contributed by atoms with Crippen molar-refractivity contribution < 1.29 is 9.53 Å². The van der Waals surface area contributed by atoms with Gasteiger partial charge in [-0.15, -0.1) is 0 Å². The molecule has 1 N–H and O–H groups in total. The lowest BCUT2D eigenvalue weighted by molar-refractivity contribution is -0.00801. The van der Waals surface area contributed by atoms with E-state index in [9.17, 15) is 4.79 Å². The van der Waals surface area contributed by atoms with Crippen LogP contribution in [0.3, 0.4) is 0 Å². The number of amides is 1. The number of piperidine rings is 1. The lowest BCUT2D eigenvalue weighted by atomic mass is 10.1. The number of aromatic amines is 1. The molecule has 6 nitrogen and oxygen atoms in total. The van der Waals surface area contributed by atoms with Gasteiger partial charge in [0.15, 0.2) is 0 Å². The first-order chi connectivity index (χ1) is 12.8. The third-order valence-electron chi connectivity index (χ3n) is 4.48. The van der Waals surface area contributed by atoms with Crippen molar-refractivity contribution in [2.75, 3.05) is 13.1 Å². The molecular formula is C19H20N4O2S. The molecule has 134 valence electrons. The molecule has 0 aliphatic carbocycles. The predicted octanol–water partition coefficient (Wildman–Crippen LogP) is 3.35. The molecule has 0 bridgehead atoms. The standard InChI is InChI=1S/C19H20N4O2S/c24-19(18-10-17(21-22-18)14-6-9-26-13-14)23-8-3-5-16(11-23)25-12-15-4-1-2-7-20-15/h1-2,4,6-7,9-10,13,16H,3,5,8,11-12H2,(H,21,22)/t16-/m1/s1. The molecule has 1 atom stereocenters. The maximum absolute atomic E-state index is 12.8. The molecule has 0 spiro atoms. The summed E-state index contributed by atoms with van der Waals surface area (Å²) in [5, 5.41) is 11.2. The van der Waals surface area contributed by atoms with Crippen LogP contribution >= 0.6 is 11.3 Å². The Morgan fingerprint density at radius 3 is 3.15 bits per heavy atom. The minimum absolute atomic E-state index is 0.0230. The second-order valence-electron chi connectivity index (χ2n) is 6.33. The Kier molecular flexibility index (Phi) is 5.08. The van der Waals surface area contributed by atoms with Crippen molar-refractivity contribution in [1.29, 1.82) is 0 Å². The van der Waals surface area contributed by atoms with Gasteiger partial charge in [-0.3, -0.25) is 14.9 Å². The van der Waals surface area contributed by atoms with E-state index in [1.54, 1.807) is 17.5 Å². The topological polar surface area (TPSA) is 71.1 Å². The fourth-order valence-corrected chi connectivity index (χ4v) is 3.75. The molecule has 4 heterocycles. The largest absolute Gasteiger partial charge is 0.370 e. The molecule has 1 fully saturated rings. The number of nitrogens with one attached hydrogen (secondary N) is 1. The molecule has 26 heavy (non-hydrogen) atoms. The Balaban J connectivity index is 1.37. The Hall–Kier alpha value is -2.51. The second-order valence-corrected chi connectivity index (χ2v) is 7.11. The lowest BCUT2D eigenvalue weighted by Crippen LogP contribution is -2.43. The van der Waals surface area contributed by atoms with E-state index in [1.165, 1.54) is 0 Å². The fraction of sp³-hybridized carbons (Fsp3) is 0.316. The summed E-state index contributed by atoms with van der Waals surface area (Å²) in [7, 11) is 0. The Morgan fingerprint density at radius 2 is 2.35 bits per heavy atom. The average Bonchev–Trinajstić information content (AvgIpc) is 3.38. The van der Waals surface area contributed by atoms with Crippen molar-refractivity contribution in [2.24, 2.45) is 0 Å². The first-order valence-electron chi connectivity index (χ1n) is 8.68. The third-order valence-corrected chi connectivity index (χ3v) is 5.17. The number of ether oxygens (including phenoxy) is 1. The van der Waals surface area contributed by atoms with Crippen LogP contribution in [-0.4, -0.2) is 45.2 Å². The van der Waals surface area contributed by atoms with Crippen LogP contribution in [0.1, 0.15) is 29.0 Å². The number of nitrogens with zero attached hydrogens (tertiary/aromatic N) is 3. The highest BCUT2D eigenvalue weighted by molar-refractivity contribution is 7.08. The van der Waals surface area contributed by atoms with Crippen molar-refractivity contribution in [3.05, 3.63) is 58.7 Å².